The Labute approximate surface area is 113 Å². The van der Waals surface area contributed by atoms with Crippen LogP contribution in [0.5, 0.6) is 0 Å². The zero-order valence-electron chi connectivity index (χ0n) is 10.8. The van der Waals surface area contributed by atoms with Crippen molar-refractivity contribution in [3.63, 3.8) is 0 Å². The van der Waals surface area contributed by atoms with Gasteiger partial charge in [0, 0.05) is 40.6 Å². The average molecular weight is 308 g/mol. The fourth-order valence-electron chi connectivity index (χ4n) is 1.74. The molecule has 7 nitrogen and oxygen atoms in total. The molecule has 0 saturated heterocycles. The van der Waals surface area contributed by atoms with Crippen LogP contribution in [0.3, 0.4) is 0 Å². The van der Waals surface area contributed by atoms with Crippen LogP contribution in [-0.2, 0) is 20.8 Å². The minimum atomic E-state index is -3.81. The van der Waals surface area contributed by atoms with Gasteiger partial charge in [-0.05, 0) is 13.8 Å². The molecule has 9 heteroatoms. The highest BCUT2D eigenvalue weighted by Crippen LogP contribution is 2.22. The second kappa shape index (κ2) is 5.85. The van der Waals surface area contributed by atoms with Crippen LogP contribution < -0.4 is 4.72 Å². The Hall–Kier alpha value is -1.19. The summed E-state index contributed by atoms with van der Waals surface area (Å²) in [6.07, 6.45) is 1.48. The first-order chi connectivity index (χ1) is 8.66. The summed E-state index contributed by atoms with van der Waals surface area (Å²) in [5.74, 6) is -1.01. The number of aromatic nitrogens is 1. The van der Waals surface area contributed by atoms with Gasteiger partial charge in [-0.2, -0.15) is 0 Å². The minimum Gasteiger partial charge on any atom is -0.477 e. The monoisotopic (exact) mass is 308 g/mol. The molecule has 108 valence electrons. The maximum Gasteiger partial charge on any atom is 0.352 e. The number of H-pyrrole nitrogens is 1. The van der Waals surface area contributed by atoms with Crippen LogP contribution in [0.2, 0.25) is 0 Å². The van der Waals surface area contributed by atoms with Crippen LogP contribution in [0.1, 0.15) is 21.7 Å². The van der Waals surface area contributed by atoms with E-state index in [1.54, 1.807) is 0 Å². The third-order valence-electron chi connectivity index (χ3n) is 2.53. The van der Waals surface area contributed by atoms with E-state index < -0.39 is 26.8 Å². The van der Waals surface area contributed by atoms with E-state index >= 15 is 0 Å². The molecular formula is C10H16N2O5S2. The minimum absolute atomic E-state index is 0.0396. The standard InChI is InChI=1S/C10H16N2O5S2/c1-6-8(10(13)14)12-7(2)9(6)19(16,17)11-4-5-18(3)15/h11-12H,4-5H2,1-3H3,(H,13,14). The van der Waals surface area contributed by atoms with E-state index in [0.717, 1.165) is 0 Å². The van der Waals surface area contributed by atoms with Crippen molar-refractivity contribution < 1.29 is 22.5 Å². The first-order valence-electron chi connectivity index (χ1n) is 5.39. The first-order valence-corrected chi connectivity index (χ1v) is 8.60. The number of rotatable bonds is 6. The van der Waals surface area contributed by atoms with Crippen molar-refractivity contribution in [2.75, 3.05) is 18.6 Å². The zero-order chi connectivity index (χ0) is 14.8. The second-order valence-electron chi connectivity index (χ2n) is 4.06. The molecule has 3 N–H and O–H groups in total. The van der Waals surface area contributed by atoms with Gasteiger partial charge in [0.05, 0.1) is 0 Å². The fraction of sp³-hybridized carbons (Fsp3) is 0.500. The van der Waals surface area contributed by atoms with Gasteiger partial charge >= 0.3 is 5.97 Å². The number of hydrogen-bond acceptors (Lipinski definition) is 4. The Morgan fingerprint density at radius 3 is 2.42 bits per heavy atom. The number of carboxylic acid groups (broad SMARTS) is 1. The van der Waals surface area contributed by atoms with Crippen LogP contribution in [0.4, 0.5) is 0 Å². The molecule has 0 spiro atoms. The van der Waals surface area contributed by atoms with Gasteiger partial charge in [0.2, 0.25) is 10.0 Å². The molecule has 0 radical (unpaired) electrons. The first kappa shape index (κ1) is 15.9. The normalized spacial score (nSPS) is 13.4. The van der Waals surface area contributed by atoms with Crippen LogP contribution in [-0.4, -0.2) is 47.2 Å². The molecule has 1 unspecified atom stereocenters. The molecule has 1 aromatic heterocycles. The maximum absolute atomic E-state index is 12.1. The van der Waals surface area contributed by atoms with E-state index in [1.807, 2.05) is 0 Å². The lowest BCUT2D eigenvalue weighted by atomic mass is 10.2. The van der Waals surface area contributed by atoms with Gasteiger partial charge < -0.3 is 10.1 Å². The van der Waals surface area contributed by atoms with Crippen molar-refractivity contribution >= 4 is 26.8 Å². The van der Waals surface area contributed by atoms with Crippen molar-refractivity contribution in [1.29, 1.82) is 0 Å². The molecule has 1 heterocycles. The highest BCUT2D eigenvalue weighted by molar-refractivity contribution is 7.89. The van der Waals surface area contributed by atoms with Crippen molar-refractivity contribution in [3.05, 3.63) is 17.0 Å². The van der Waals surface area contributed by atoms with E-state index in [4.69, 9.17) is 5.11 Å². The summed E-state index contributed by atoms with van der Waals surface area (Å²) in [4.78, 5) is 13.4. The number of carboxylic acids is 1. The summed E-state index contributed by atoms with van der Waals surface area (Å²) in [7, 11) is -4.91. The van der Waals surface area contributed by atoms with Crippen molar-refractivity contribution in [2.24, 2.45) is 0 Å². The molecule has 1 atom stereocenters. The Morgan fingerprint density at radius 1 is 1.42 bits per heavy atom. The lowest BCUT2D eigenvalue weighted by Crippen LogP contribution is -2.28. The van der Waals surface area contributed by atoms with Crippen molar-refractivity contribution in [2.45, 2.75) is 18.7 Å². The summed E-state index contributed by atoms with van der Waals surface area (Å²) in [6, 6.07) is 0. The number of aromatic carboxylic acids is 1. The van der Waals surface area contributed by atoms with Gasteiger partial charge in [0.25, 0.3) is 0 Å². The SMILES string of the molecule is Cc1[nH]c(C(=O)O)c(C)c1S(=O)(=O)NCCS(C)=O. The van der Waals surface area contributed by atoms with Gasteiger partial charge in [-0.15, -0.1) is 0 Å². The van der Waals surface area contributed by atoms with Crippen LogP contribution >= 0.6 is 0 Å². The summed E-state index contributed by atoms with van der Waals surface area (Å²) in [6.45, 7) is 2.96. The van der Waals surface area contributed by atoms with E-state index in [0.29, 0.717) is 0 Å². The molecule has 1 aromatic rings. The highest BCUT2D eigenvalue weighted by Gasteiger charge is 2.25. The van der Waals surface area contributed by atoms with E-state index in [1.165, 1.54) is 20.1 Å². The Kier molecular flexibility index (Phi) is 4.88. The molecule has 19 heavy (non-hydrogen) atoms. The molecule has 0 aromatic carbocycles. The van der Waals surface area contributed by atoms with E-state index in [2.05, 4.69) is 9.71 Å². The fourth-order valence-corrected chi connectivity index (χ4v) is 3.73. The third-order valence-corrected chi connectivity index (χ3v) is 5.05. The molecule has 0 aliphatic rings. The predicted octanol–water partition coefficient (Wildman–Crippen LogP) is -0.0135. The summed E-state index contributed by atoms with van der Waals surface area (Å²) >= 11 is 0. The number of carbonyl (C=O) groups is 1. The summed E-state index contributed by atoms with van der Waals surface area (Å²) in [5.41, 5.74) is 0.284. The smallest absolute Gasteiger partial charge is 0.352 e. The van der Waals surface area contributed by atoms with Gasteiger partial charge in [0.1, 0.15) is 10.6 Å². The number of sulfonamides is 1. The van der Waals surface area contributed by atoms with E-state index in [9.17, 15) is 17.4 Å². The molecule has 0 amide bonds. The second-order valence-corrected chi connectivity index (χ2v) is 7.32. The maximum atomic E-state index is 12.1. The number of hydrogen-bond donors (Lipinski definition) is 3. The Bertz CT molecular complexity index is 618. The molecule has 0 bridgehead atoms. The largest absolute Gasteiger partial charge is 0.477 e. The predicted molar refractivity (Wildman–Crippen MR) is 71.3 cm³/mol. The Balaban J connectivity index is 3.08. The zero-order valence-corrected chi connectivity index (χ0v) is 12.4. The third kappa shape index (κ3) is 3.64. The van der Waals surface area contributed by atoms with Crippen molar-refractivity contribution in [1.82, 2.24) is 9.71 Å². The summed E-state index contributed by atoms with van der Waals surface area (Å²) in [5, 5.41) is 8.93. The number of nitrogens with one attached hydrogen (secondary N) is 2. The Morgan fingerprint density at radius 2 is 2.00 bits per heavy atom. The molecule has 1 rings (SSSR count). The number of aromatic amines is 1. The van der Waals surface area contributed by atoms with Crippen LogP contribution in [0, 0.1) is 13.8 Å². The quantitative estimate of drug-likeness (QED) is 0.683. The molecule has 0 aliphatic heterocycles. The molecular weight excluding hydrogens is 292 g/mol. The van der Waals surface area contributed by atoms with Crippen LogP contribution in [0.15, 0.2) is 4.90 Å². The topological polar surface area (TPSA) is 116 Å². The summed E-state index contributed by atoms with van der Waals surface area (Å²) < 4.78 is 37.3. The van der Waals surface area contributed by atoms with Gasteiger partial charge in [-0.1, -0.05) is 0 Å². The molecule has 0 fully saturated rings. The average Bonchev–Trinajstić information content (AvgIpc) is 2.53. The van der Waals surface area contributed by atoms with Gasteiger partial charge in [0.15, 0.2) is 0 Å². The van der Waals surface area contributed by atoms with E-state index in [-0.39, 0.29) is 34.1 Å². The van der Waals surface area contributed by atoms with Crippen LogP contribution in [0.25, 0.3) is 0 Å². The highest BCUT2D eigenvalue weighted by atomic mass is 32.2. The lowest BCUT2D eigenvalue weighted by Gasteiger charge is -2.06. The lowest BCUT2D eigenvalue weighted by molar-refractivity contribution is 0.0690. The van der Waals surface area contributed by atoms with Crippen molar-refractivity contribution in [3.8, 4) is 0 Å². The molecule has 0 saturated carbocycles. The number of aryl methyl sites for hydroxylation is 1. The van der Waals surface area contributed by atoms with Gasteiger partial charge in [-0.25, -0.2) is 17.9 Å². The van der Waals surface area contributed by atoms with Gasteiger partial charge in [-0.3, -0.25) is 4.21 Å². The molecule has 0 aliphatic carbocycles.